The van der Waals surface area contributed by atoms with Crippen molar-refractivity contribution in [2.75, 3.05) is 19.6 Å². The monoisotopic (exact) mass is 331 g/mol. The molecule has 2 heterocycles. The van der Waals surface area contributed by atoms with Gasteiger partial charge in [0.05, 0.1) is 11.6 Å². The van der Waals surface area contributed by atoms with Crippen molar-refractivity contribution in [3.05, 3.63) is 34.6 Å². The van der Waals surface area contributed by atoms with Crippen molar-refractivity contribution in [3.8, 4) is 6.07 Å². The van der Waals surface area contributed by atoms with Crippen molar-refractivity contribution in [1.82, 2.24) is 9.80 Å². The lowest BCUT2D eigenvalue weighted by Gasteiger charge is -2.36. The van der Waals surface area contributed by atoms with Crippen LogP contribution in [-0.2, 0) is 13.0 Å². The quantitative estimate of drug-likeness (QED) is 0.855. The predicted molar refractivity (Wildman–Crippen MR) is 82.8 cm³/mol. The number of aromatic carboxylic acids is 1. The summed E-state index contributed by atoms with van der Waals surface area (Å²) in [6, 6.07) is 4.48. The van der Waals surface area contributed by atoms with E-state index in [9.17, 15) is 19.1 Å². The zero-order chi connectivity index (χ0) is 17.3. The molecule has 0 bridgehead atoms. The maximum atomic E-state index is 13.9. The standard InChI is InChI=1S/C17H18FN3O3/c18-15-2-1-13(16(22)23)14-10-21(8-5-12(14)15)17(24)20-6-3-11(9-19)4-7-20/h1-2,11H,3-8,10H2,(H,22,23). The van der Waals surface area contributed by atoms with Crippen molar-refractivity contribution in [1.29, 1.82) is 5.26 Å². The number of amides is 2. The SMILES string of the molecule is N#CC1CCN(C(=O)N2CCc3c(F)ccc(C(=O)O)c3C2)CC1. The highest BCUT2D eigenvalue weighted by atomic mass is 19.1. The van der Waals surface area contributed by atoms with Gasteiger partial charge in [0.2, 0.25) is 0 Å². The van der Waals surface area contributed by atoms with Crippen molar-refractivity contribution >= 4 is 12.0 Å². The number of carbonyl (C=O) groups excluding carboxylic acids is 1. The van der Waals surface area contributed by atoms with E-state index < -0.39 is 11.8 Å². The minimum atomic E-state index is -1.12. The number of rotatable bonds is 1. The lowest BCUT2D eigenvalue weighted by molar-refractivity contribution is 0.0692. The number of likely N-dealkylation sites (tertiary alicyclic amines) is 1. The van der Waals surface area contributed by atoms with E-state index in [-0.39, 0.29) is 24.1 Å². The summed E-state index contributed by atoms with van der Waals surface area (Å²) in [6.45, 7) is 1.51. The van der Waals surface area contributed by atoms with Crippen LogP contribution in [0.3, 0.4) is 0 Å². The second-order valence-electron chi connectivity index (χ2n) is 6.20. The van der Waals surface area contributed by atoms with Crippen molar-refractivity contribution < 1.29 is 19.1 Å². The smallest absolute Gasteiger partial charge is 0.336 e. The molecule has 1 aromatic rings. The van der Waals surface area contributed by atoms with Crippen LogP contribution in [-0.4, -0.2) is 46.5 Å². The van der Waals surface area contributed by atoms with Gasteiger partial charge in [0.25, 0.3) is 0 Å². The lowest BCUT2D eigenvalue weighted by Crippen LogP contribution is -2.48. The van der Waals surface area contributed by atoms with Gasteiger partial charge >= 0.3 is 12.0 Å². The highest BCUT2D eigenvalue weighted by Gasteiger charge is 2.31. The highest BCUT2D eigenvalue weighted by Crippen LogP contribution is 2.27. The summed E-state index contributed by atoms with van der Waals surface area (Å²) in [5, 5.41) is 18.2. The first-order chi connectivity index (χ1) is 11.5. The van der Waals surface area contributed by atoms with Crippen LogP contribution in [0.4, 0.5) is 9.18 Å². The Hall–Kier alpha value is -2.62. The Morgan fingerprint density at radius 2 is 1.88 bits per heavy atom. The zero-order valence-corrected chi connectivity index (χ0v) is 13.2. The Balaban J connectivity index is 1.78. The van der Waals surface area contributed by atoms with Crippen LogP contribution in [0.15, 0.2) is 12.1 Å². The average Bonchev–Trinajstić information content (AvgIpc) is 2.61. The molecular weight excluding hydrogens is 313 g/mol. The minimum absolute atomic E-state index is 0.0103. The number of halogens is 1. The van der Waals surface area contributed by atoms with Crippen LogP contribution < -0.4 is 0 Å². The first-order valence-corrected chi connectivity index (χ1v) is 7.98. The topological polar surface area (TPSA) is 84.6 Å². The van der Waals surface area contributed by atoms with E-state index in [4.69, 9.17) is 5.26 Å². The number of urea groups is 1. The van der Waals surface area contributed by atoms with Gasteiger partial charge in [0.1, 0.15) is 5.82 Å². The first kappa shape index (κ1) is 16.2. The molecule has 1 fully saturated rings. The molecule has 24 heavy (non-hydrogen) atoms. The van der Waals surface area contributed by atoms with Gasteiger partial charge in [-0.1, -0.05) is 0 Å². The average molecular weight is 331 g/mol. The Kier molecular flexibility index (Phi) is 4.38. The van der Waals surface area contributed by atoms with E-state index in [2.05, 4.69) is 6.07 Å². The number of hydrogen-bond donors (Lipinski definition) is 1. The number of fused-ring (bicyclic) bond motifs is 1. The maximum absolute atomic E-state index is 13.9. The number of carboxylic acid groups (broad SMARTS) is 1. The molecule has 3 rings (SSSR count). The van der Waals surface area contributed by atoms with Gasteiger partial charge in [-0.25, -0.2) is 14.0 Å². The summed E-state index contributed by atoms with van der Waals surface area (Å²) in [5.41, 5.74) is 0.822. The predicted octanol–water partition coefficient (Wildman–Crippen LogP) is 2.24. The van der Waals surface area contributed by atoms with E-state index in [1.165, 1.54) is 12.1 Å². The third-order valence-corrected chi connectivity index (χ3v) is 4.80. The molecule has 126 valence electrons. The molecule has 0 unspecified atom stereocenters. The zero-order valence-electron chi connectivity index (χ0n) is 13.2. The van der Waals surface area contributed by atoms with Gasteiger partial charge < -0.3 is 14.9 Å². The highest BCUT2D eigenvalue weighted by molar-refractivity contribution is 5.90. The summed E-state index contributed by atoms with van der Waals surface area (Å²) in [7, 11) is 0. The van der Waals surface area contributed by atoms with Crippen LogP contribution in [0, 0.1) is 23.1 Å². The summed E-state index contributed by atoms with van der Waals surface area (Å²) in [5.74, 6) is -1.55. The van der Waals surface area contributed by atoms with Crippen molar-refractivity contribution in [2.24, 2.45) is 5.92 Å². The fraction of sp³-hybridized carbons (Fsp3) is 0.471. The lowest BCUT2D eigenvalue weighted by atomic mass is 9.94. The van der Waals surface area contributed by atoms with Crippen LogP contribution in [0.25, 0.3) is 0 Å². The number of nitrogens with zero attached hydrogens (tertiary/aromatic N) is 3. The normalized spacial score (nSPS) is 18.0. The minimum Gasteiger partial charge on any atom is -0.478 e. The molecule has 0 atom stereocenters. The third-order valence-electron chi connectivity index (χ3n) is 4.80. The van der Waals surface area contributed by atoms with Crippen LogP contribution in [0.1, 0.15) is 34.3 Å². The Morgan fingerprint density at radius 3 is 2.50 bits per heavy atom. The summed E-state index contributed by atoms with van der Waals surface area (Å²) in [6.07, 6.45) is 1.62. The molecule has 0 radical (unpaired) electrons. The molecule has 0 saturated carbocycles. The first-order valence-electron chi connectivity index (χ1n) is 7.98. The van der Waals surface area contributed by atoms with E-state index in [1.807, 2.05) is 0 Å². The second-order valence-corrected chi connectivity index (χ2v) is 6.20. The fourth-order valence-electron chi connectivity index (χ4n) is 3.40. The molecule has 0 aliphatic carbocycles. The molecule has 0 aromatic heterocycles. The van der Waals surface area contributed by atoms with Gasteiger partial charge in [-0.05, 0) is 42.5 Å². The second kappa shape index (κ2) is 6.48. The third kappa shape index (κ3) is 2.92. The molecule has 1 N–H and O–H groups in total. The van der Waals surface area contributed by atoms with Crippen molar-refractivity contribution in [3.63, 3.8) is 0 Å². The van der Waals surface area contributed by atoms with Gasteiger partial charge in [-0.15, -0.1) is 0 Å². The number of benzene rings is 1. The van der Waals surface area contributed by atoms with E-state index in [0.717, 1.165) is 0 Å². The summed E-state index contributed by atoms with van der Waals surface area (Å²) in [4.78, 5) is 27.3. The summed E-state index contributed by atoms with van der Waals surface area (Å²) >= 11 is 0. The largest absolute Gasteiger partial charge is 0.478 e. The Morgan fingerprint density at radius 1 is 1.17 bits per heavy atom. The maximum Gasteiger partial charge on any atom is 0.336 e. The molecule has 7 heteroatoms. The van der Waals surface area contributed by atoms with Gasteiger partial charge in [0.15, 0.2) is 0 Å². The number of carboxylic acids is 1. The summed E-state index contributed by atoms with van der Waals surface area (Å²) < 4.78 is 13.9. The van der Waals surface area contributed by atoms with Gasteiger partial charge in [-0.3, -0.25) is 0 Å². The Bertz CT molecular complexity index is 721. The van der Waals surface area contributed by atoms with Gasteiger partial charge in [-0.2, -0.15) is 5.26 Å². The molecular formula is C17H18FN3O3. The Labute approximate surface area is 139 Å². The van der Waals surface area contributed by atoms with E-state index in [0.29, 0.717) is 50.0 Å². The molecule has 1 saturated heterocycles. The van der Waals surface area contributed by atoms with E-state index >= 15 is 0 Å². The van der Waals surface area contributed by atoms with E-state index in [1.54, 1.807) is 9.80 Å². The van der Waals surface area contributed by atoms with Gasteiger partial charge in [0, 0.05) is 32.1 Å². The number of hydrogen-bond acceptors (Lipinski definition) is 3. The number of piperidine rings is 1. The van der Waals surface area contributed by atoms with Crippen LogP contribution in [0.2, 0.25) is 0 Å². The van der Waals surface area contributed by atoms with Crippen molar-refractivity contribution in [2.45, 2.75) is 25.8 Å². The molecule has 6 nitrogen and oxygen atoms in total. The van der Waals surface area contributed by atoms with Crippen LogP contribution in [0.5, 0.6) is 0 Å². The molecule has 1 aromatic carbocycles. The fourth-order valence-corrected chi connectivity index (χ4v) is 3.40. The molecule has 2 aliphatic rings. The number of carbonyl (C=O) groups is 2. The molecule has 2 aliphatic heterocycles. The molecule has 0 spiro atoms. The number of nitriles is 1. The molecule has 2 amide bonds. The van der Waals surface area contributed by atoms with Crippen LogP contribution >= 0.6 is 0 Å².